The summed E-state index contributed by atoms with van der Waals surface area (Å²) in [7, 11) is 5.44. The van der Waals surface area contributed by atoms with E-state index in [9.17, 15) is 4.79 Å². The van der Waals surface area contributed by atoms with Gasteiger partial charge in [-0.3, -0.25) is 4.79 Å². The molecule has 0 radical (unpaired) electrons. The highest BCUT2D eigenvalue weighted by atomic mass is 16.5. The van der Waals surface area contributed by atoms with Gasteiger partial charge in [0.1, 0.15) is 17.4 Å². The first-order valence-electron chi connectivity index (χ1n) is 10.5. The van der Waals surface area contributed by atoms with Gasteiger partial charge in [0.25, 0.3) is 5.91 Å². The lowest BCUT2D eigenvalue weighted by Crippen LogP contribution is -2.31. The van der Waals surface area contributed by atoms with Crippen LogP contribution in [0.3, 0.4) is 0 Å². The molecule has 164 valence electrons. The Hall–Kier alpha value is -3.87. The Balaban J connectivity index is 1.73. The minimum Gasteiger partial charge on any atom is -0.496 e. The largest absolute Gasteiger partial charge is 0.496 e. The third kappa shape index (κ3) is 4.42. The number of hydrogen-bond donors (Lipinski definition) is 2. The maximum atomic E-state index is 13.3. The van der Waals surface area contributed by atoms with E-state index >= 15 is 0 Å². The number of rotatable bonds is 7. The van der Waals surface area contributed by atoms with E-state index in [4.69, 9.17) is 4.74 Å². The van der Waals surface area contributed by atoms with Crippen LogP contribution in [0.2, 0.25) is 0 Å². The van der Waals surface area contributed by atoms with E-state index in [-0.39, 0.29) is 11.9 Å². The third-order valence-electron chi connectivity index (χ3n) is 5.42. The highest BCUT2D eigenvalue weighted by molar-refractivity contribution is 5.97. The standard InChI is InChI=1S/C25H27N5O2/c1-16-27-22(14-24(28-16)30(2)3)21(13-17-15-26-20-11-7-5-9-18(17)20)29-25(31)19-10-6-8-12-23(19)32-4/h5-12,14-15,21,26H,13H2,1-4H3,(H,29,31)/t21-/m0/s1. The number of carbonyl (C=O) groups excluding carboxylic acids is 1. The summed E-state index contributed by atoms with van der Waals surface area (Å²) in [6, 6.07) is 16.9. The Labute approximate surface area is 187 Å². The van der Waals surface area contributed by atoms with Gasteiger partial charge in [-0.15, -0.1) is 0 Å². The highest BCUT2D eigenvalue weighted by Gasteiger charge is 2.22. The van der Waals surface area contributed by atoms with E-state index in [1.807, 2.05) is 68.5 Å². The Bertz CT molecular complexity index is 1250. The maximum absolute atomic E-state index is 13.3. The van der Waals surface area contributed by atoms with Crippen molar-refractivity contribution in [2.45, 2.75) is 19.4 Å². The molecule has 0 saturated carbocycles. The van der Waals surface area contributed by atoms with Gasteiger partial charge in [-0.1, -0.05) is 30.3 Å². The molecule has 0 bridgehead atoms. The number of para-hydroxylation sites is 2. The summed E-state index contributed by atoms with van der Waals surface area (Å²) >= 11 is 0. The Kier molecular flexibility index (Phi) is 6.07. The summed E-state index contributed by atoms with van der Waals surface area (Å²) in [5.41, 5.74) is 3.41. The molecule has 0 saturated heterocycles. The number of nitrogens with zero attached hydrogens (tertiary/aromatic N) is 3. The number of aromatic amines is 1. The molecular formula is C25H27N5O2. The van der Waals surface area contributed by atoms with Gasteiger partial charge in [0.05, 0.1) is 24.4 Å². The van der Waals surface area contributed by atoms with Crippen molar-refractivity contribution in [1.82, 2.24) is 20.3 Å². The van der Waals surface area contributed by atoms with Crippen LogP contribution in [-0.2, 0) is 6.42 Å². The molecule has 7 heteroatoms. The van der Waals surface area contributed by atoms with Gasteiger partial charge in [0.2, 0.25) is 0 Å². The van der Waals surface area contributed by atoms with Gasteiger partial charge in [-0.25, -0.2) is 9.97 Å². The number of aromatic nitrogens is 3. The van der Waals surface area contributed by atoms with Crippen LogP contribution < -0.4 is 15.0 Å². The van der Waals surface area contributed by atoms with Crippen molar-refractivity contribution in [2.75, 3.05) is 26.1 Å². The number of hydrogen-bond acceptors (Lipinski definition) is 5. The predicted octanol–water partition coefficient (Wildman–Crippen LogP) is 4.05. The average molecular weight is 430 g/mol. The summed E-state index contributed by atoms with van der Waals surface area (Å²) in [4.78, 5) is 27.7. The lowest BCUT2D eigenvalue weighted by molar-refractivity contribution is 0.0932. The van der Waals surface area contributed by atoms with Crippen LogP contribution in [0, 0.1) is 6.92 Å². The van der Waals surface area contributed by atoms with Crippen LogP contribution in [0.15, 0.2) is 60.8 Å². The summed E-state index contributed by atoms with van der Waals surface area (Å²) in [6.45, 7) is 1.86. The molecule has 1 amide bonds. The van der Waals surface area contributed by atoms with Crippen LogP contribution in [0.25, 0.3) is 10.9 Å². The third-order valence-corrected chi connectivity index (χ3v) is 5.42. The number of methoxy groups -OCH3 is 1. The lowest BCUT2D eigenvalue weighted by Gasteiger charge is -2.21. The molecule has 2 aromatic heterocycles. The first-order chi connectivity index (χ1) is 15.5. The zero-order valence-electron chi connectivity index (χ0n) is 18.7. The van der Waals surface area contributed by atoms with Crippen molar-refractivity contribution in [1.29, 1.82) is 0 Å². The van der Waals surface area contributed by atoms with E-state index in [2.05, 4.69) is 26.3 Å². The van der Waals surface area contributed by atoms with E-state index < -0.39 is 0 Å². The summed E-state index contributed by atoms with van der Waals surface area (Å²) in [5.74, 6) is 1.77. The molecule has 1 atom stereocenters. The molecule has 0 unspecified atom stereocenters. The SMILES string of the molecule is COc1ccccc1C(=O)N[C@@H](Cc1c[nH]c2ccccc12)c1cc(N(C)C)nc(C)n1. The quantitative estimate of drug-likeness (QED) is 0.463. The van der Waals surface area contributed by atoms with Gasteiger partial charge in [0, 0.05) is 43.7 Å². The van der Waals surface area contributed by atoms with Gasteiger partial charge >= 0.3 is 0 Å². The van der Waals surface area contributed by atoms with Crippen molar-refractivity contribution in [3.8, 4) is 5.75 Å². The number of H-pyrrole nitrogens is 1. The fraction of sp³-hybridized carbons (Fsp3) is 0.240. The minimum atomic E-state index is -0.355. The second-order valence-electron chi connectivity index (χ2n) is 7.88. The Morgan fingerprint density at radius 3 is 2.66 bits per heavy atom. The van der Waals surface area contributed by atoms with Crippen LogP contribution in [0.4, 0.5) is 5.82 Å². The maximum Gasteiger partial charge on any atom is 0.255 e. The Morgan fingerprint density at radius 1 is 1.12 bits per heavy atom. The van der Waals surface area contributed by atoms with E-state index in [0.29, 0.717) is 23.6 Å². The van der Waals surface area contributed by atoms with Crippen LogP contribution in [0.5, 0.6) is 5.75 Å². The number of benzene rings is 2. The second-order valence-corrected chi connectivity index (χ2v) is 7.88. The van der Waals surface area contributed by atoms with E-state index in [0.717, 1.165) is 28.0 Å². The number of amides is 1. The fourth-order valence-electron chi connectivity index (χ4n) is 3.80. The monoisotopic (exact) mass is 429 g/mol. The van der Waals surface area contributed by atoms with Crippen LogP contribution >= 0.6 is 0 Å². The number of nitrogens with one attached hydrogen (secondary N) is 2. The Morgan fingerprint density at radius 2 is 1.88 bits per heavy atom. The van der Waals surface area contributed by atoms with E-state index in [1.165, 1.54) is 0 Å². The predicted molar refractivity (Wildman–Crippen MR) is 126 cm³/mol. The fourth-order valence-corrected chi connectivity index (χ4v) is 3.80. The van der Waals surface area contributed by atoms with Gasteiger partial charge in [-0.05, 0) is 30.7 Å². The molecule has 4 aromatic rings. The molecule has 0 aliphatic rings. The molecule has 7 nitrogen and oxygen atoms in total. The average Bonchev–Trinajstić information content (AvgIpc) is 3.21. The number of ether oxygens (including phenoxy) is 1. The first kappa shape index (κ1) is 21.4. The number of aryl methyl sites for hydroxylation is 1. The number of fused-ring (bicyclic) bond motifs is 1. The van der Waals surface area contributed by atoms with Crippen LogP contribution in [-0.4, -0.2) is 42.1 Å². The molecule has 4 rings (SSSR count). The topological polar surface area (TPSA) is 83.1 Å². The second kappa shape index (κ2) is 9.09. The van der Waals surface area contributed by atoms with Gasteiger partial charge < -0.3 is 19.9 Å². The molecule has 0 aliphatic carbocycles. The summed E-state index contributed by atoms with van der Waals surface area (Å²) < 4.78 is 5.39. The molecule has 32 heavy (non-hydrogen) atoms. The van der Waals surface area contributed by atoms with Gasteiger partial charge in [-0.2, -0.15) is 0 Å². The molecule has 0 aliphatic heterocycles. The van der Waals surface area contributed by atoms with E-state index in [1.54, 1.807) is 19.2 Å². The van der Waals surface area contributed by atoms with Crippen molar-refractivity contribution in [3.05, 3.63) is 83.4 Å². The lowest BCUT2D eigenvalue weighted by atomic mass is 10.0. The highest BCUT2D eigenvalue weighted by Crippen LogP contribution is 2.26. The van der Waals surface area contributed by atoms with Crippen molar-refractivity contribution in [2.24, 2.45) is 0 Å². The number of anilines is 1. The van der Waals surface area contributed by atoms with Crippen LogP contribution in [0.1, 0.15) is 33.5 Å². The van der Waals surface area contributed by atoms with Crippen molar-refractivity contribution in [3.63, 3.8) is 0 Å². The first-order valence-corrected chi connectivity index (χ1v) is 10.5. The van der Waals surface area contributed by atoms with Crippen molar-refractivity contribution >= 4 is 22.6 Å². The molecular weight excluding hydrogens is 402 g/mol. The molecule has 2 heterocycles. The molecule has 0 spiro atoms. The smallest absolute Gasteiger partial charge is 0.255 e. The minimum absolute atomic E-state index is 0.213. The number of carbonyl (C=O) groups is 1. The zero-order valence-corrected chi connectivity index (χ0v) is 18.7. The van der Waals surface area contributed by atoms with Crippen molar-refractivity contribution < 1.29 is 9.53 Å². The molecule has 2 aromatic carbocycles. The molecule has 0 fully saturated rings. The summed E-state index contributed by atoms with van der Waals surface area (Å²) in [6.07, 6.45) is 2.57. The zero-order chi connectivity index (χ0) is 22.7. The van der Waals surface area contributed by atoms with Gasteiger partial charge in [0.15, 0.2) is 0 Å². The normalized spacial score (nSPS) is 11.9. The molecule has 2 N–H and O–H groups in total. The summed E-state index contributed by atoms with van der Waals surface area (Å²) in [5, 5.41) is 4.31.